The number of halogens is 3. The topological polar surface area (TPSA) is 20.2 Å². The highest BCUT2D eigenvalue weighted by molar-refractivity contribution is 14.1. The molecule has 1 rings (SSSR count). The zero-order chi connectivity index (χ0) is 7.72. The van der Waals surface area contributed by atoms with Crippen LogP contribution in [0.3, 0.4) is 0 Å². The fourth-order valence-corrected chi connectivity index (χ4v) is 2.94. The Hall–Kier alpha value is 0.770. The molecule has 0 heterocycles. The average molecular weight is 380 g/mol. The number of benzene rings is 1. The molecule has 10 heavy (non-hydrogen) atoms. The van der Waals surface area contributed by atoms with Crippen molar-refractivity contribution >= 4 is 56.8 Å². The van der Waals surface area contributed by atoms with E-state index in [9.17, 15) is 5.11 Å². The first-order valence-electron chi connectivity index (χ1n) is 2.45. The van der Waals surface area contributed by atoms with Gasteiger partial charge in [0.25, 0.3) is 0 Å². The number of phenols is 1. The lowest BCUT2D eigenvalue weighted by atomic mass is 10.3. The fraction of sp³-hybridized carbons (Fsp3) is 0. The summed E-state index contributed by atoms with van der Waals surface area (Å²) in [6.45, 7) is 0. The summed E-state index contributed by atoms with van der Waals surface area (Å²) in [5.41, 5.74) is 0. The van der Waals surface area contributed by atoms with E-state index in [-0.39, 0.29) is 5.75 Å². The normalized spacial score (nSPS) is 9.90. The van der Waals surface area contributed by atoms with Crippen LogP contribution < -0.4 is 0 Å². The monoisotopic (exact) mass is 380 g/mol. The molecule has 0 amide bonds. The Bertz CT molecular complexity index is 239. The van der Waals surface area contributed by atoms with E-state index in [2.05, 4.69) is 22.6 Å². The van der Waals surface area contributed by atoms with Crippen LogP contribution in [0.5, 0.6) is 5.75 Å². The molecule has 0 atom stereocenters. The molecule has 0 aliphatic rings. The predicted molar refractivity (Wildman–Crippen MR) is 58.6 cm³/mol. The second-order valence-corrected chi connectivity index (χ2v) is 4.53. The van der Waals surface area contributed by atoms with Crippen LogP contribution >= 0.6 is 56.8 Å². The first kappa shape index (κ1) is 8.86. The van der Waals surface area contributed by atoms with Gasteiger partial charge >= 0.3 is 0 Å². The van der Waals surface area contributed by atoms with Crippen LogP contribution in [-0.4, -0.2) is 5.11 Å². The molecule has 1 N–H and O–H groups in total. The van der Waals surface area contributed by atoms with Gasteiger partial charge in [-0.05, 0) is 57.3 Å². The molecule has 0 bridgehead atoms. The summed E-state index contributed by atoms with van der Waals surface area (Å²) in [6.07, 6.45) is 0. The summed E-state index contributed by atoms with van der Waals surface area (Å²) in [4.78, 5) is 0. The zero-order valence-electron chi connectivity index (χ0n) is 4.74. The summed E-state index contributed by atoms with van der Waals surface area (Å²) < 4.78 is 1.82. The second-order valence-electron chi connectivity index (χ2n) is 1.72. The Labute approximate surface area is 91.1 Å². The molecule has 1 aromatic carbocycles. The lowest BCUT2D eigenvalue weighted by molar-refractivity contribution is 0.471. The second kappa shape index (κ2) is 3.44. The Balaban J connectivity index is 3.31. The molecule has 0 saturated carbocycles. The summed E-state index contributed by atoms with van der Waals surface area (Å²) in [5, 5.41) is 9.60. The van der Waals surface area contributed by atoms with E-state index in [1.54, 1.807) is 6.07 Å². The zero-order valence-corrected chi connectivity index (χ0v) is 9.81. The van der Waals surface area contributed by atoms with Gasteiger partial charge in [0.2, 0.25) is 0 Å². The molecule has 1 nitrogen and oxygen atoms in total. The van der Waals surface area contributed by atoms with Crippen LogP contribution in [0.25, 0.3) is 0 Å². The lowest BCUT2D eigenvalue weighted by Crippen LogP contribution is -1.77. The lowest BCUT2D eigenvalue weighted by Gasteiger charge is -1.99. The molecular formula is C6H3ClI2O. The van der Waals surface area contributed by atoms with Gasteiger partial charge in [-0.25, -0.2) is 0 Å². The molecule has 0 fully saturated rings. The molecule has 0 aliphatic heterocycles. The van der Waals surface area contributed by atoms with Gasteiger partial charge in [-0.15, -0.1) is 0 Å². The molecule has 0 aliphatic carbocycles. The smallest absolute Gasteiger partial charge is 0.147 e. The summed E-state index contributed by atoms with van der Waals surface area (Å²) >= 11 is 9.84. The summed E-state index contributed by atoms with van der Waals surface area (Å²) in [6, 6.07) is 3.59. The fourth-order valence-electron chi connectivity index (χ4n) is 0.535. The number of aromatic hydroxyl groups is 1. The van der Waals surface area contributed by atoms with Gasteiger partial charge in [-0.1, -0.05) is 11.6 Å². The van der Waals surface area contributed by atoms with Crippen LogP contribution in [0.15, 0.2) is 12.1 Å². The van der Waals surface area contributed by atoms with Crippen molar-refractivity contribution in [1.82, 2.24) is 0 Å². The van der Waals surface area contributed by atoms with E-state index in [4.69, 9.17) is 11.6 Å². The van der Waals surface area contributed by atoms with Gasteiger partial charge in [0, 0.05) is 3.57 Å². The molecule has 54 valence electrons. The highest BCUT2D eigenvalue weighted by atomic mass is 127. The van der Waals surface area contributed by atoms with Gasteiger partial charge in [-0.2, -0.15) is 0 Å². The Morgan fingerprint density at radius 3 is 2.40 bits per heavy atom. The minimum Gasteiger partial charge on any atom is -0.505 e. The average Bonchev–Trinajstić information content (AvgIpc) is 1.82. The number of rotatable bonds is 0. The van der Waals surface area contributed by atoms with Crippen LogP contribution in [0.2, 0.25) is 5.02 Å². The molecule has 0 spiro atoms. The molecule has 0 saturated heterocycles. The van der Waals surface area contributed by atoms with Crippen LogP contribution in [0.4, 0.5) is 0 Å². The van der Waals surface area contributed by atoms with Crippen molar-refractivity contribution in [2.24, 2.45) is 0 Å². The van der Waals surface area contributed by atoms with Gasteiger partial charge in [0.05, 0.1) is 8.59 Å². The third-order valence-corrected chi connectivity index (χ3v) is 2.71. The van der Waals surface area contributed by atoms with Crippen molar-refractivity contribution in [2.45, 2.75) is 0 Å². The predicted octanol–water partition coefficient (Wildman–Crippen LogP) is 3.25. The Kier molecular flexibility index (Phi) is 3.05. The maximum atomic E-state index is 9.19. The molecule has 0 unspecified atom stereocenters. The van der Waals surface area contributed by atoms with Gasteiger partial charge < -0.3 is 5.11 Å². The maximum Gasteiger partial charge on any atom is 0.147 e. The largest absolute Gasteiger partial charge is 0.505 e. The van der Waals surface area contributed by atoms with Crippen molar-refractivity contribution in [3.63, 3.8) is 0 Å². The van der Waals surface area contributed by atoms with Crippen LogP contribution in [-0.2, 0) is 0 Å². The Morgan fingerprint density at radius 2 is 1.90 bits per heavy atom. The third kappa shape index (κ3) is 1.88. The molecule has 1 aromatic rings. The number of hydrogen-bond acceptors (Lipinski definition) is 1. The van der Waals surface area contributed by atoms with E-state index in [0.29, 0.717) is 5.02 Å². The van der Waals surface area contributed by atoms with Crippen LogP contribution in [0, 0.1) is 7.14 Å². The van der Waals surface area contributed by atoms with Crippen molar-refractivity contribution < 1.29 is 5.11 Å². The highest BCUT2D eigenvalue weighted by Gasteiger charge is 2.03. The summed E-state index contributed by atoms with van der Waals surface area (Å²) in [5.74, 6) is 0.169. The van der Waals surface area contributed by atoms with Crippen molar-refractivity contribution in [3.8, 4) is 5.75 Å². The molecular weight excluding hydrogens is 377 g/mol. The van der Waals surface area contributed by atoms with Crippen molar-refractivity contribution in [3.05, 3.63) is 24.3 Å². The quantitative estimate of drug-likeness (QED) is 0.685. The standard InChI is InChI=1S/C6H3ClI2O/c7-4-1-3(8)2-5(9)6(4)10/h1-2,10H. The molecule has 4 heteroatoms. The van der Waals surface area contributed by atoms with Gasteiger partial charge in [0.15, 0.2) is 0 Å². The minimum absolute atomic E-state index is 0.169. The highest BCUT2D eigenvalue weighted by Crippen LogP contribution is 2.30. The van der Waals surface area contributed by atoms with E-state index in [1.165, 1.54) is 0 Å². The van der Waals surface area contributed by atoms with E-state index >= 15 is 0 Å². The minimum atomic E-state index is 0.169. The number of phenolic OH excluding ortho intramolecular Hbond substituents is 1. The van der Waals surface area contributed by atoms with Crippen molar-refractivity contribution in [1.29, 1.82) is 0 Å². The Morgan fingerprint density at radius 1 is 1.30 bits per heavy atom. The van der Waals surface area contributed by atoms with Crippen molar-refractivity contribution in [2.75, 3.05) is 0 Å². The van der Waals surface area contributed by atoms with E-state index < -0.39 is 0 Å². The number of hydrogen-bond donors (Lipinski definition) is 1. The first-order chi connectivity index (χ1) is 4.61. The summed E-state index contributed by atoms with van der Waals surface area (Å²) in [7, 11) is 0. The third-order valence-electron chi connectivity index (χ3n) is 0.982. The van der Waals surface area contributed by atoms with Gasteiger partial charge in [-0.3, -0.25) is 0 Å². The van der Waals surface area contributed by atoms with E-state index in [0.717, 1.165) is 7.14 Å². The van der Waals surface area contributed by atoms with E-state index in [1.807, 2.05) is 28.7 Å². The maximum absolute atomic E-state index is 9.19. The first-order valence-corrected chi connectivity index (χ1v) is 4.98. The van der Waals surface area contributed by atoms with Crippen LogP contribution in [0.1, 0.15) is 0 Å². The van der Waals surface area contributed by atoms with Gasteiger partial charge in [0.1, 0.15) is 5.75 Å². The molecule has 0 radical (unpaired) electrons. The molecule has 0 aromatic heterocycles. The SMILES string of the molecule is Oc1c(Cl)cc(I)cc1I.